The van der Waals surface area contributed by atoms with Crippen molar-refractivity contribution in [3.8, 4) is 17.2 Å². The van der Waals surface area contributed by atoms with Crippen LogP contribution in [0.25, 0.3) is 6.08 Å². The van der Waals surface area contributed by atoms with Gasteiger partial charge < -0.3 is 18.6 Å². The molecule has 1 saturated carbocycles. The Kier molecular flexibility index (Phi) is 6.52. The maximum absolute atomic E-state index is 12.2. The van der Waals surface area contributed by atoms with E-state index in [9.17, 15) is 4.79 Å². The van der Waals surface area contributed by atoms with Crippen LogP contribution >= 0.6 is 0 Å². The molecule has 0 aliphatic heterocycles. The van der Waals surface area contributed by atoms with Crippen LogP contribution in [-0.2, 0) is 4.79 Å². The first-order chi connectivity index (χ1) is 13.6. The monoisotopic (exact) mass is 387 g/mol. The first-order valence-electron chi connectivity index (χ1n) is 9.27. The summed E-state index contributed by atoms with van der Waals surface area (Å²) in [6.45, 7) is 0. The number of methoxy groups -OCH3 is 3. The number of rotatable bonds is 7. The average molecular weight is 387 g/mol. The van der Waals surface area contributed by atoms with Crippen molar-refractivity contribution in [2.75, 3.05) is 26.6 Å². The van der Waals surface area contributed by atoms with Gasteiger partial charge in [-0.3, -0.25) is 10.1 Å². The third-order valence-electron chi connectivity index (χ3n) is 4.74. The summed E-state index contributed by atoms with van der Waals surface area (Å²) in [5, 5.41) is 10.6. The van der Waals surface area contributed by atoms with Crippen molar-refractivity contribution in [3.05, 3.63) is 29.7 Å². The topological polar surface area (TPSA) is 95.7 Å². The first kappa shape index (κ1) is 19.7. The number of amides is 1. The van der Waals surface area contributed by atoms with Crippen LogP contribution in [0.15, 0.2) is 22.6 Å². The standard InChI is InChI=1S/C20H25N3O5/c1-25-15-11-13(12-16(26-2)18(15)27-3)9-10-17(24)21-20-23-22-19(28-20)14-7-5-4-6-8-14/h9-12,14H,4-8H2,1-3H3,(H,21,23,24)/b10-9+. The van der Waals surface area contributed by atoms with Crippen molar-refractivity contribution < 1.29 is 23.4 Å². The van der Waals surface area contributed by atoms with Gasteiger partial charge in [0.25, 0.3) is 5.91 Å². The summed E-state index contributed by atoms with van der Waals surface area (Å²) in [5.41, 5.74) is 0.720. The molecule has 0 unspecified atom stereocenters. The predicted molar refractivity (Wildman–Crippen MR) is 104 cm³/mol. The molecule has 1 aromatic heterocycles. The molecular weight excluding hydrogens is 362 g/mol. The lowest BCUT2D eigenvalue weighted by Crippen LogP contribution is -2.08. The lowest BCUT2D eigenvalue weighted by atomic mass is 9.89. The van der Waals surface area contributed by atoms with E-state index >= 15 is 0 Å². The van der Waals surface area contributed by atoms with E-state index < -0.39 is 0 Å². The highest BCUT2D eigenvalue weighted by atomic mass is 16.5. The minimum Gasteiger partial charge on any atom is -0.493 e. The number of hydrogen-bond acceptors (Lipinski definition) is 7. The van der Waals surface area contributed by atoms with E-state index in [1.165, 1.54) is 46.7 Å². The third-order valence-corrected chi connectivity index (χ3v) is 4.74. The minimum atomic E-state index is -0.368. The van der Waals surface area contributed by atoms with Crippen molar-refractivity contribution in [2.45, 2.75) is 38.0 Å². The molecule has 8 nitrogen and oxygen atoms in total. The number of carbonyl (C=O) groups is 1. The lowest BCUT2D eigenvalue weighted by molar-refractivity contribution is -0.112. The molecule has 0 spiro atoms. The van der Waals surface area contributed by atoms with Crippen LogP contribution in [0, 0.1) is 0 Å². The second kappa shape index (κ2) is 9.25. The van der Waals surface area contributed by atoms with Gasteiger partial charge in [0, 0.05) is 12.0 Å². The number of nitrogens with one attached hydrogen (secondary N) is 1. The largest absolute Gasteiger partial charge is 0.493 e. The number of hydrogen-bond donors (Lipinski definition) is 1. The molecule has 2 aromatic rings. The normalized spacial score (nSPS) is 14.8. The molecule has 1 aromatic carbocycles. The van der Waals surface area contributed by atoms with Gasteiger partial charge >= 0.3 is 6.01 Å². The zero-order valence-corrected chi connectivity index (χ0v) is 16.4. The van der Waals surface area contributed by atoms with Gasteiger partial charge in [-0.05, 0) is 36.6 Å². The van der Waals surface area contributed by atoms with Gasteiger partial charge in [0.1, 0.15) is 0 Å². The molecule has 0 radical (unpaired) electrons. The Morgan fingerprint density at radius 2 is 1.75 bits per heavy atom. The van der Waals surface area contributed by atoms with E-state index in [-0.39, 0.29) is 11.9 Å². The highest BCUT2D eigenvalue weighted by molar-refractivity contribution is 6.00. The van der Waals surface area contributed by atoms with Crippen molar-refractivity contribution in [3.63, 3.8) is 0 Å². The number of nitrogens with zero attached hydrogens (tertiary/aromatic N) is 2. The Balaban J connectivity index is 1.66. The fourth-order valence-corrected chi connectivity index (χ4v) is 3.32. The Labute approximate surface area is 163 Å². The molecule has 1 aliphatic carbocycles. The van der Waals surface area contributed by atoms with E-state index in [1.54, 1.807) is 18.2 Å². The van der Waals surface area contributed by atoms with Crippen LogP contribution < -0.4 is 19.5 Å². The van der Waals surface area contributed by atoms with Crippen molar-refractivity contribution in [1.29, 1.82) is 0 Å². The van der Waals surface area contributed by atoms with Crippen LogP contribution in [0.3, 0.4) is 0 Å². The third kappa shape index (κ3) is 4.62. The van der Waals surface area contributed by atoms with Crippen molar-refractivity contribution >= 4 is 18.0 Å². The fourth-order valence-electron chi connectivity index (χ4n) is 3.32. The molecule has 1 fully saturated rings. The predicted octanol–water partition coefficient (Wildman–Crippen LogP) is 3.80. The van der Waals surface area contributed by atoms with Gasteiger partial charge in [0.15, 0.2) is 11.5 Å². The smallest absolute Gasteiger partial charge is 0.322 e. The van der Waals surface area contributed by atoms with Crippen molar-refractivity contribution in [1.82, 2.24) is 10.2 Å². The summed E-state index contributed by atoms with van der Waals surface area (Å²) in [6.07, 6.45) is 8.72. The highest BCUT2D eigenvalue weighted by Crippen LogP contribution is 2.38. The van der Waals surface area contributed by atoms with E-state index in [1.807, 2.05) is 0 Å². The molecule has 150 valence electrons. The molecule has 1 amide bonds. The zero-order chi connectivity index (χ0) is 19.9. The van der Waals surface area contributed by atoms with Crippen LogP contribution in [-0.4, -0.2) is 37.4 Å². The quantitative estimate of drug-likeness (QED) is 0.722. The van der Waals surface area contributed by atoms with E-state index in [0.29, 0.717) is 29.1 Å². The molecule has 8 heteroatoms. The summed E-state index contributed by atoms with van der Waals surface area (Å²) < 4.78 is 21.5. The Hall–Kier alpha value is -3.03. The van der Waals surface area contributed by atoms with Gasteiger partial charge in [-0.1, -0.05) is 24.4 Å². The lowest BCUT2D eigenvalue weighted by Gasteiger charge is -2.17. The fraction of sp³-hybridized carbons (Fsp3) is 0.450. The van der Waals surface area contributed by atoms with Gasteiger partial charge in [0.2, 0.25) is 11.6 Å². The van der Waals surface area contributed by atoms with Crippen LogP contribution in [0.1, 0.15) is 49.5 Å². The molecule has 1 N–H and O–H groups in total. The van der Waals surface area contributed by atoms with Crippen molar-refractivity contribution in [2.24, 2.45) is 0 Å². The van der Waals surface area contributed by atoms with E-state index in [0.717, 1.165) is 18.4 Å². The molecule has 0 saturated heterocycles. The summed E-state index contributed by atoms with van der Waals surface area (Å²) in [4.78, 5) is 12.2. The zero-order valence-electron chi connectivity index (χ0n) is 16.4. The Bertz CT molecular complexity index is 815. The number of carbonyl (C=O) groups excluding carboxylic acids is 1. The summed E-state index contributed by atoms with van der Waals surface area (Å²) >= 11 is 0. The van der Waals surface area contributed by atoms with E-state index in [2.05, 4.69) is 15.5 Å². The number of ether oxygens (including phenoxy) is 3. The SMILES string of the molecule is COc1cc(/C=C/C(=O)Nc2nnc(C3CCCCC3)o2)cc(OC)c1OC. The minimum absolute atomic E-state index is 0.111. The molecular formula is C20H25N3O5. The van der Waals surface area contributed by atoms with Gasteiger partial charge in [-0.15, -0.1) is 5.10 Å². The van der Waals surface area contributed by atoms with Crippen LogP contribution in [0.4, 0.5) is 6.01 Å². The maximum Gasteiger partial charge on any atom is 0.322 e. The number of anilines is 1. The highest BCUT2D eigenvalue weighted by Gasteiger charge is 2.21. The van der Waals surface area contributed by atoms with Crippen LogP contribution in [0.5, 0.6) is 17.2 Å². The molecule has 28 heavy (non-hydrogen) atoms. The Morgan fingerprint density at radius 3 is 2.36 bits per heavy atom. The number of benzene rings is 1. The van der Waals surface area contributed by atoms with Gasteiger partial charge in [-0.25, -0.2) is 0 Å². The molecule has 1 heterocycles. The van der Waals surface area contributed by atoms with Crippen LogP contribution in [0.2, 0.25) is 0 Å². The second-order valence-electron chi connectivity index (χ2n) is 6.56. The van der Waals surface area contributed by atoms with Gasteiger partial charge in [-0.2, -0.15) is 0 Å². The summed E-state index contributed by atoms with van der Waals surface area (Å²) in [7, 11) is 4.61. The average Bonchev–Trinajstić information content (AvgIpc) is 3.20. The molecule has 0 atom stereocenters. The molecule has 0 bridgehead atoms. The number of aromatic nitrogens is 2. The summed E-state index contributed by atoms with van der Waals surface area (Å²) in [6, 6.07) is 3.61. The maximum atomic E-state index is 12.2. The summed E-state index contributed by atoms with van der Waals surface area (Å²) in [5.74, 6) is 2.04. The van der Waals surface area contributed by atoms with Gasteiger partial charge in [0.05, 0.1) is 21.3 Å². The molecule has 3 rings (SSSR count). The molecule has 1 aliphatic rings. The second-order valence-corrected chi connectivity index (χ2v) is 6.56. The first-order valence-corrected chi connectivity index (χ1v) is 9.27. The Morgan fingerprint density at radius 1 is 1.07 bits per heavy atom. The van der Waals surface area contributed by atoms with E-state index in [4.69, 9.17) is 18.6 Å².